The molecule has 176 valence electrons. The van der Waals surface area contributed by atoms with Gasteiger partial charge in [0.15, 0.2) is 17.5 Å². The summed E-state index contributed by atoms with van der Waals surface area (Å²) < 4.78 is 11.0. The molecule has 0 unspecified atom stereocenters. The maximum atomic E-state index is 11.3. The number of anilines is 2. The van der Waals surface area contributed by atoms with Gasteiger partial charge in [0.25, 0.3) is 0 Å². The molecule has 2 rings (SSSR count). The zero-order valence-electron chi connectivity index (χ0n) is 18.4. The molecule has 12 heteroatoms. The Hall–Kier alpha value is -3.25. The molecule has 2 heterocycles. The molecule has 11 nitrogen and oxygen atoms in total. The Kier molecular flexibility index (Phi) is 11.7. The topological polar surface area (TPSA) is 158 Å². The lowest BCUT2D eigenvalue weighted by Crippen LogP contribution is -3.04. The summed E-state index contributed by atoms with van der Waals surface area (Å²) in [6.45, 7) is 3.08. The SMILES string of the molecule is COc1ccc(NC(C)=O)c(NCCSCc2ccc(C[NH+](C)C)o2)n1.O=C([O-])C(=O)O. The van der Waals surface area contributed by atoms with Crippen LogP contribution in [0.5, 0.6) is 5.88 Å². The predicted molar refractivity (Wildman–Crippen MR) is 118 cm³/mol. The van der Waals surface area contributed by atoms with Crippen molar-refractivity contribution in [3.63, 3.8) is 0 Å². The third-order valence-corrected chi connectivity index (χ3v) is 4.57. The Morgan fingerprint density at radius 3 is 2.44 bits per heavy atom. The van der Waals surface area contributed by atoms with E-state index in [9.17, 15) is 4.79 Å². The number of carboxylic acids is 2. The number of methoxy groups -OCH3 is 1. The summed E-state index contributed by atoms with van der Waals surface area (Å²) >= 11 is 1.78. The van der Waals surface area contributed by atoms with E-state index in [2.05, 4.69) is 29.7 Å². The molecule has 0 atom stereocenters. The number of hydrogen-bond donors (Lipinski definition) is 4. The molecule has 0 bridgehead atoms. The van der Waals surface area contributed by atoms with E-state index in [0.717, 1.165) is 29.6 Å². The molecule has 0 radical (unpaired) electrons. The van der Waals surface area contributed by atoms with Crippen LogP contribution in [0.3, 0.4) is 0 Å². The van der Waals surface area contributed by atoms with Crippen LogP contribution in [0.15, 0.2) is 28.7 Å². The lowest BCUT2D eigenvalue weighted by Gasteiger charge is -2.12. The molecule has 0 spiro atoms. The van der Waals surface area contributed by atoms with Gasteiger partial charge in [-0.3, -0.25) is 4.79 Å². The summed E-state index contributed by atoms with van der Waals surface area (Å²) in [6.07, 6.45) is 0. The highest BCUT2D eigenvalue weighted by Gasteiger charge is 2.08. The third-order valence-electron chi connectivity index (χ3n) is 3.59. The maximum absolute atomic E-state index is 11.3. The van der Waals surface area contributed by atoms with Crippen molar-refractivity contribution in [2.75, 3.05) is 44.1 Å². The highest BCUT2D eigenvalue weighted by molar-refractivity contribution is 7.98. The summed E-state index contributed by atoms with van der Waals surface area (Å²) in [4.78, 5) is 35.0. The molecule has 2 aromatic rings. The van der Waals surface area contributed by atoms with E-state index in [-0.39, 0.29) is 5.91 Å². The van der Waals surface area contributed by atoms with E-state index < -0.39 is 11.9 Å². The van der Waals surface area contributed by atoms with Gasteiger partial charge in [-0.25, -0.2) is 4.79 Å². The summed E-state index contributed by atoms with van der Waals surface area (Å²) in [5.41, 5.74) is 0.644. The summed E-state index contributed by atoms with van der Waals surface area (Å²) in [6, 6.07) is 7.58. The molecule has 32 heavy (non-hydrogen) atoms. The molecule has 0 aromatic carbocycles. The van der Waals surface area contributed by atoms with Crippen molar-refractivity contribution in [3.8, 4) is 5.88 Å². The van der Waals surface area contributed by atoms with E-state index in [1.165, 1.54) is 11.8 Å². The first kappa shape index (κ1) is 26.8. The number of nitrogens with zero attached hydrogens (tertiary/aromatic N) is 1. The van der Waals surface area contributed by atoms with Gasteiger partial charge in [0, 0.05) is 25.3 Å². The van der Waals surface area contributed by atoms with Gasteiger partial charge >= 0.3 is 5.97 Å². The number of hydrogen-bond acceptors (Lipinski definition) is 9. The number of nitrogens with one attached hydrogen (secondary N) is 3. The maximum Gasteiger partial charge on any atom is 0.351 e. The first-order chi connectivity index (χ1) is 15.1. The lowest BCUT2D eigenvalue weighted by atomic mass is 10.3. The van der Waals surface area contributed by atoms with Crippen LogP contribution in [0.2, 0.25) is 0 Å². The van der Waals surface area contributed by atoms with Crippen molar-refractivity contribution < 1.29 is 38.7 Å². The number of amides is 1. The smallest absolute Gasteiger partial charge is 0.351 e. The largest absolute Gasteiger partial charge is 0.539 e. The number of aliphatic carboxylic acids is 2. The van der Waals surface area contributed by atoms with Crippen LogP contribution in [-0.2, 0) is 26.7 Å². The molecule has 0 aliphatic rings. The minimum atomic E-state index is -2.07. The second-order valence-corrected chi connectivity index (χ2v) is 7.86. The predicted octanol–water partition coefficient (Wildman–Crippen LogP) is -0.548. The van der Waals surface area contributed by atoms with Crippen molar-refractivity contribution >= 4 is 41.1 Å². The zero-order chi connectivity index (χ0) is 24.1. The summed E-state index contributed by atoms with van der Waals surface area (Å²) in [7, 11) is 5.77. The van der Waals surface area contributed by atoms with Crippen LogP contribution in [0.4, 0.5) is 11.5 Å². The number of quaternary nitrogens is 1. The fraction of sp³-hybridized carbons (Fsp3) is 0.400. The standard InChI is InChI=1S/C18H26N4O3S.C2H2O4/c1-13(23)20-16-7-8-17(24-4)21-18(16)19-9-10-26-12-15-6-5-14(25-15)11-22(2)3;3-1(4)2(5)6/h5-8H,9-12H2,1-4H3,(H,19,21)(H,20,23);(H,3,4)(H,5,6). The molecule has 0 aliphatic carbocycles. The van der Waals surface area contributed by atoms with Gasteiger partial charge in [-0.05, 0) is 18.2 Å². The third kappa shape index (κ3) is 10.7. The highest BCUT2D eigenvalue weighted by atomic mass is 32.2. The van der Waals surface area contributed by atoms with Gasteiger partial charge in [0.2, 0.25) is 11.8 Å². The number of carbonyl (C=O) groups excluding carboxylic acids is 2. The monoisotopic (exact) mass is 468 g/mol. The van der Waals surface area contributed by atoms with Gasteiger partial charge < -0.3 is 39.7 Å². The lowest BCUT2D eigenvalue weighted by molar-refractivity contribution is -0.873. The zero-order valence-corrected chi connectivity index (χ0v) is 19.2. The van der Waals surface area contributed by atoms with Crippen molar-refractivity contribution in [2.45, 2.75) is 19.2 Å². The molecular weight excluding hydrogens is 440 g/mol. The molecule has 0 saturated carbocycles. The Morgan fingerprint density at radius 2 is 1.88 bits per heavy atom. The minimum absolute atomic E-state index is 0.137. The molecule has 4 N–H and O–H groups in total. The summed E-state index contributed by atoms with van der Waals surface area (Å²) in [5.74, 6) is 0.674. The van der Waals surface area contributed by atoms with Crippen LogP contribution in [0, 0.1) is 0 Å². The van der Waals surface area contributed by atoms with Crippen LogP contribution in [-0.4, -0.2) is 61.4 Å². The minimum Gasteiger partial charge on any atom is -0.539 e. The molecule has 0 aliphatic heterocycles. The fourth-order valence-corrected chi connectivity index (χ4v) is 3.08. The van der Waals surface area contributed by atoms with Crippen molar-refractivity contribution in [1.29, 1.82) is 0 Å². The number of furan rings is 1. The second kappa shape index (κ2) is 13.9. The molecule has 2 aromatic heterocycles. The molecule has 1 amide bonds. The Balaban J connectivity index is 0.000000751. The number of carboxylic acid groups (broad SMARTS) is 2. The van der Waals surface area contributed by atoms with Gasteiger partial charge in [-0.2, -0.15) is 16.7 Å². The molecule has 0 saturated heterocycles. The van der Waals surface area contributed by atoms with Crippen LogP contribution in [0.25, 0.3) is 0 Å². The number of rotatable bonds is 10. The van der Waals surface area contributed by atoms with Gasteiger partial charge in [-0.15, -0.1) is 0 Å². The van der Waals surface area contributed by atoms with E-state index in [4.69, 9.17) is 29.0 Å². The first-order valence-corrected chi connectivity index (χ1v) is 10.7. The second-order valence-electron chi connectivity index (χ2n) is 6.75. The van der Waals surface area contributed by atoms with Crippen molar-refractivity contribution in [3.05, 3.63) is 35.8 Å². The molecular formula is C20H28N4O7S. The van der Waals surface area contributed by atoms with E-state index in [1.807, 2.05) is 12.1 Å². The number of thioether (sulfide) groups is 1. The van der Waals surface area contributed by atoms with Gasteiger partial charge in [0.1, 0.15) is 12.3 Å². The molecule has 0 fully saturated rings. The number of ether oxygens (including phenoxy) is 1. The average molecular weight is 469 g/mol. The van der Waals surface area contributed by atoms with Crippen LogP contribution in [0.1, 0.15) is 18.4 Å². The van der Waals surface area contributed by atoms with Gasteiger partial charge in [0.05, 0.1) is 32.6 Å². The Bertz CT molecular complexity index is 890. The average Bonchev–Trinajstić information content (AvgIpc) is 3.15. The number of pyridine rings is 1. The summed E-state index contributed by atoms with van der Waals surface area (Å²) in [5, 5.41) is 22.3. The van der Waals surface area contributed by atoms with Crippen molar-refractivity contribution in [1.82, 2.24) is 4.98 Å². The van der Waals surface area contributed by atoms with E-state index in [1.54, 1.807) is 31.0 Å². The quantitative estimate of drug-likeness (QED) is 0.263. The normalized spacial score (nSPS) is 10.2. The van der Waals surface area contributed by atoms with E-state index >= 15 is 0 Å². The highest BCUT2D eigenvalue weighted by Crippen LogP contribution is 2.23. The van der Waals surface area contributed by atoms with Crippen LogP contribution >= 0.6 is 11.8 Å². The fourth-order valence-electron chi connectivity index (χ4n) is 2.34. The van der Waals surface area contributed by atoms with Gasteiger partial charge in [-0.1, -0.05) is 0 Å². The number of carbonyl (C=O) groups is 3. The Labute approximate surface area is 190 Å². The van der Waals surface area contributed by atoms with Crippen molar-refractivity contribution in [2.24, 2.45) is 0 Å². The first-order valence-electron chi connectivity index (χ1n) is 9.57. The number of aromatic nitrogens is 1. The van der Waals surface area contributed by atoms with Crippen LogP contribution < -0.4 is 25.4 Å². The van der Waals surface area contributed by atoms with E-state index in [0.29, 0.717) is 23.9 Å². The Morgan fingerprint density at radius 1 is 1.22 bits per heavy atom.